The van der Waals surface area contributed by atoms with Crippen molar-refractivity contribution in [3.8, 4) is 0 Å². The van der Waals surface area contributed by atoms with Crippen LogP contribution in [-0.2, 0) is 0 Å². The SMILES string of the molecule is CCCCC(S)C(C)C. The molecule has 0 spiro atoms. The Labute approximate surface area is 64.4 Å². The fourth-order valence-electron chi connectivity index (χ4n) is 0.747. The lowest BCUT2D eigenvalue weighted by Gasteiger charge is -2.12. The molecule has 1 unspecified atom stereocenters. The van der Waals surface area contributed by atoms with E-state index in [0.717, 1.165) is 5.92 Å². The van der Waals surface area contributed by atoms with Gasteiger partial charge in [0, 0.05) is 5.25 Å². The van der Waals surface area contributed by atoms with Gasteiger partial charge in [0.25, 0.3) is 0 Å². The van der Waals surface area contributed by atoms with E-state index in [9.17, 15) is 0 Å². The largest absolute Gasteiger partial charge is 0.176 e. The predicted octanol–water partition coefficient (Wildman–Crippen LogP) is 3.13. The molecule has 0 aromatic rings. The summed E-state index contributed by atoms with van der Waals surface area (Å²) >= 11 is 4.46. The Morgan fingerprint density at radius 1 is 1.33 bits per heavy atom. The van der Waals surface area contributed by atoms with E-state index in [0.29, 0.717) is 5.25 Å². The average Bonchev–Trinajstić information content (AvgIpc) is 1.82. The minimum atomic E-state index is 0.616. The van der Waals surface area contributed by atoms with Crippen LogP contribution in [0.1, 0.15) is 40.0 Å². The molecule has 0 rings (SSSR count). The first-order valence-electron chi connectivity index (χ1n) is 3.86. The third-order valence-corrected chi connectivity index (χ3v) is 2.48. The monoisotopic (exact) mass is 146 g/mol. The van der Waals surface area contributed by atoms with Crippen molar-refractivity contribution in [3.05, 3.63) is 0 Å². The second-order valence-electron chi connectivity index (χ2n) is 2.95. The molecule has 1 atom stereocenters. The summed E-state index contributed by atoms with van der Waals surface area (Å²) in [6.45, 7) is 6.68. The first-order valence-corrected chi connectivity index (χ1v) is 4.38. The van der Waals surface area contributed by atoms with Crippen molar-refractivity contribution < 1.29 is 0 Å². The summed E-state index contributed by atoms with van der Waals surface area (Å²) in [5.74, 6) is 0.736. The maximum absolute atomic E-state index is 4.46. The fourth-order valence-corrected chi connectivity index (χ4v) is 0.929. The highest BCUT2D eigenvalue weighted by Crippen LogP contribution is 2.15. The van der Waals surface area contributed by atoms with Crippen LogP contribution in [0.25, 0.3) is 0 Å². The van der Waals surface area contributed by atoms with Crippen molar-refractivity contribution in [1.29, 1.82) is 0 Å². The highest BCUT2D eigenvalue weighted by atomic mass is 32.1. The molecule has 0 aliphatic rings. The normalized spacial score (nSPS) is 14.3. The molecule has 56 valence electrons. The van der Waals surface area contributed by atoms with Gasteiger partial charge in [-0.1, -0.05) is 33.6 Å². The quantitative estimate of drug-likeness (QED) is 0.579. The number of rotatable bonds is 4. The van der Waals surface area contributed by atoms with Crippen LogP contribution in [0, 0.1) is 5.92 Å². The van der Waals surface area contributed by atoms with Gasteiger partial charge >= 0.3 is 0 Å². The Morgan fingerprint density at radius 2 is 1.89 bits per heavy atom. The molecule has 0 saturated heterocycles. The Bertz CT molecular complexity index is 59.6. The smallest absolute Gasteiger partial charge is 0.00398 e. The van der Waals surface area contributed by atoms with E-state index in [4.69, 9.17) is 0 Å². The van der Waals surface area contributed by atoms with E-state index in [1.807, 2.05) is 0 Å². The van der Waals surface area contributed by atoms with E-state index in [1.165, 1.54) is 19.3 Å². The molecule has 0 nitrogen and oxygen atoms in total. The highest BCUT2D eigenvalue weighted by molar-refractivity contribution is 7.81. The van der Waals surface area contributed by atoms with Crippen molar-refractivity contribution in [2.45, 2.75) is 45.3 Å². The molecule has 0 bridgehead atoms. The third-order valence-electron chi connectivity index (χ3n) is 1.62. The van der Waals surface area contributed by atoms with E-state index in [1.54, 1.807) is 0 Å². The van der Waals surface area contributed by atoms with Crippen LogP contribution in [0.5, 0.6) is 0 Å². The molecule has 0 aliphatic heterocycles. The summed E-state index contributed by atoms with van der Waals surface area (Å²) in [6, 6.07) is 0. The number of hydrogen-bond acceptors (Lipinski definition) is 1. The molecule has 0 aromatic carbocycles. The second kappa shape index (κ2) is 5.16. The zero-order chi connectivity index (χ0) is 7.28. The van der Waals surface area contributed by atoms with Gasteiger partial charge < -0.3 is 0 Å². The van der Waals surface area contributed by atoms with Crippen molar-refractivity contribution in [2.24, 2.45) is 5.92 Å². The Balaban J connectivity index is 3.16. The summed E-state index contributed by atoms with van der Waals surface area (Å²) in [5, 5.41) is 0.616. The van der Waals surface area contributed by atoms with E-state index < -0.39 is 0 Å². The Kier molecular flexibility index (Phi) is 5.36. The van der Waals surface area contributed by atoms with Gasteiger partial charge in [-0.3, -0.25) is 0 Å². The molecular formula is C8H18S. The molecule has 0 amide bonds. The summed E-state index contributed by atoms with van der Waals surface area (Å²) in [5.41, 5.74) is 0. The molecule has 0 aliphatic carbocycles. The third kappa shape index (κ3) is 4.83. The standard InChI is InChI=1S/C8H18S/c1-4-5-6-8(9)7(2)3/h7-9H,4-6H2,1-3H3. The van der Waals surface area contributed by atoms with Crippen LogP contribution in [0.4, 0.5) is 0 Å². The molecule has 1 heteroatoms. The molecule has 0 aromatic heterocycles. The maximum atomic E-state index is 4.46. The summed E-state index contributed by atoms with van der Waals surface area (Å²) < 4.78 is 0. The van der Waals surface area contributed by atoms with Crippen LogP contribution in [0.2, 0.25) is 0 Å². The van der Waals surface area contributed by atoms with Crippen LogP contribution >= 0.6 is 12.6 Å². The van der Waals surface area contributed by atoms with E-state index in [2.05, 4.69) is 33.4 Å². The average molecular weight is 146 g/mol. The number of unbranched alkanes of at least 4 members (excludes halogenated alkanes) is 1. The lowest BCUT2D eigenvalue weighted by molar-refractivity contribution is 0.554. The summed E-state index contributed by atoms with van der Waals surface area (Å²) in [7, 11) is 0. The minimum Gasteiger partial charge on any atom is -0.176 e. The molecule has 0 saturated carbocycles. The lowest BCUT2D eigenvalue weighted by Crippen LogP contribution is -2.06. The van der Waals surface area contributed by atoms with Gasteiger partial charge in [0.1, 0.15) is 0 Å². The fraction of sp³-hybridized carbons (Fsp3) is 1.00. The molecular weight excluding hydrogens is 128 g/mol. The van der Waals surface area contributed by atoms with Crippen LogP contribution in [0.3, 0.4) is 0 Å². The first-order chi connectivity index (χ1) is 4.18. The van der Waals surface area contributed by atoms with Crippen LogP contribution in [0.15, 0.2) is 0 Å². The van der Waals surface area contributed by atoms with Gasteiger partial charge in [0.15, 0.2) is 0 Å². The molecule has 0 fully saturated rings. The van der Waals surface area contributed by atoms with Gasteiger partial charge in [-0.05, 0) is 12.3 Å². The zero-order valence-corrected chi connectivity index (χ0v) is 7.62. The molecule has 9 heavy (non-hydrogen) atoms. The Morgan fingerprint density at radius 3 is 2.22 bits per heavy atom. The first kappa shape index (κ1) is 9.35. The lowest BCUT2D eigenvalue weighted by atomic mass is 10.1. The second-order valence-corrected chi connectivity index (χ2v) is 3.62. The van der Waals surface area contributed by atoms with Gasteiger partial charge in [-0.15, -0.1) is 0 Å². The van der Waals surface area contributed by atoms with Crippen LogP contribution < -0.4 is 0 Å². The number of thiol groups is 1. The van der Waals surface area contributed by atoms with E-state index >= 15 is 0 Å². The van der Waals surface area contributed by atoms with Crippen molar-refractivity contribution in [1.82, 2.24) is 0 Å². The Hall–Kier alpha value is 0.350. The number of hydrogen-bond donors (Lipinski definition) is 1. The predicted molar refractivity (Wildman–Crippen MR) is 47.1 cm³/mol. The van der Waals surface area contributed by atoms with Gasteiger partial charge in [0.05, 0.1) is 0 Å². The van der Waals surface area contributed by atoms with Crippen molar-refractivity contribution in [3.63, 3.8) is 0 Å². The topological polar surface area (TPSA) is 0 Å². The van der Waals surface area contributed by atoms with Crippen LogP contribution in [-0.4, -0.2) is 5.25 Å². The molecule has 0 N–H and O–H groups in total. The maximum Gasteiger partial charge on any atom is 0.00398 e. The van der Waals surface area contributed by atoms with Gasteiger partial charge in [-0.25, -0.2) is 0 Å². The summed E-state index contributed by atoms with van der Waals surface area (Å²) in [4.78, 5) is 0. The molecule has 0 radical (unpaired) electrons. The van der Waals surface area contributed by atoms with Gasteiger partial charge in [-0.2, -0.15) is 12.6 Å². The highest BCUT2D eigenvalue weighted by Gasteiger charge is 2.05. The minimum absolute atomic E-state index is 0.616. The van der Waals surface area contributed by atoms with Crippen molar-refractivity contribution in [2.75, 3.05) is 0 Å². The molecule has 0 heterocycles. The van der Waals surface area contributed by atoms with E-state index in [-0.39, 0.29) is 0 Å². The summed E-state index contributed by atoms with van der Waals surface area (Å²) in [6.07, 6.45) is 3.90. The van der Waals surface area contributed by atoms with Crippen molar-refractivity contribution >= 4 is 12.6 Å². The zero-order valence-electron chi connectivity index (χ0n) is 6.72. The van der Waals surface area contributed by atoms with Gasteiger partial charge in [0.2, 0.25) is 0 Å².